The van der Waals surface area contributed by atoms with E-state index in [0.717, 1.165) is 22.8 Å². The molecule has 1 aromatic heterocycles. The molecule has 0 saturated carbocycles. The van der Waals surface area contributed by atoms with Crippen molar-refractivity contribution in [3.05, 3.63) is 63.7 Å². The maximum Gasteiger partial charge on any atom is 0.326 e. The van der Waals surface area contributed by atoms with Crippen molar-refractivity contribution in [3.8, 4) is 0 Å². The number of ether oxygens (including phenoxy) is 1. The molecule has 0 radical (unpaired) electrons. The van der Waals surface area contributed by atoms with Crippen LogP contribution in [0.1, 0.15) is 17.3 Å². The molecule has 150 valence electrons. The molecule has 2 aromatic carbocycles. The van der Waals surface area contributed by atoms with Crippen molar-refractivity contribution >= 4 is 34.5 Å². The van der Waals surface area contributed by atoms with Gasteiger partial charge < -0.3 is 4.74 Å². The van der Waals surface area contributed by atoms with Gasteiger partial charge in [-0.3, -0.25) is 29.6 Å². The van der Waals surface area contributed by atoms with E-state index < -0.39 is 35.0 Å². The number of nitrogens with one attached hydrogen (secondary N) is 1. The molecule has 0 bridgehead atoms. The van der Waals surface area contributed by atoms with Crippen LogP contribution in [-0.2, 0) is 16.1 Å². The Morgan fingerprint density at radius 3 is 2.66 bits per heavy atom. The molecule has 1 N–H and O–H groups in total. The fraction of sp³-hybridized carbons (Fsp3) is 0.167. The van der Waals surface area contributed by atoms with Gasteiger partial charge in [-0.1, -0.05) is 6.07 Å². The summed E-state index contributed by atoms with van der Waals surface area (Å²) in [7, 11) is 0. The molecule has 0 spiro atoms. The topological polar surface area (TPSA) is 116 Å². The van der Waals surface area contributed by atoms with Crippen LogP contribution in [0, 0.1) is 21.7 Å². The largest absolute Gasteiger partial charge is 0.465 e. The van der Waals surface area contributed by atoms with Gasteiger partial charge in [0.1, 0.15) is 6.54 Å². The van der Waals surface area contributed by atoms with E-state index in [1.54, 1.807) is 6.92 Å². The van der Waals surface area contributed by atoms with Crippen molar-refractivity contribution in [1.29, 1.82) is 0 Å². The molecule has 0 saturated heterocycles. The lowest BCUT2D eigenvalue weighted by molar-refractivity contribution is -0.384. The van der Waals surface area contributed by atoms with E-state index in [9.17, 15) is 28.5 Å². The van der Waals surface area contributed by atoms with Gasteiger partial charge in [-0.05, 0) is 13.0 Å². The van der Waals surface area contributed by atoms with Gasteiger partial charge in [-0.25, -0.2) is 13.8 Å². The number of hydrogen-bond acceptors (Lipinski definition) is 6. The number of esters is 1. The molecule has 0 atom stereocenters. The second kappa shape index (κ2) is 8.00. The molecule has 0 fully saturated rings. The molecular weight excluding hydrogens is 390 g/mol. The summed E-state index contributed by atoms with van der Waals surface area (Å²) < 4.78 is 33.3. The summed E-state index contributed by atoms with van der Waals surface area (Å²) in [6.45, 7) is 1.29. The minimum absolute atomic E-state index is 0.00235. The highest BCUT2D eigenvalue weighted by atomic mass is 19.2. The first-order valence-corrected chi connectivity index (χ1v) is 8.37. The number of non-ortho nitro benzene ring substituents is 1. The molecule has 1 heterocycles. The van der Waals surface area contributed by atoms with Crippen LogP contribution < -0.4 is 5.32 Å². The number of benzene rings is 2. The first-order valence-electron chi connectivity index (χ1n) is 8.37. The van der Waals surface area contributed by atoms with Gasteiger partial charge in [0.2, 0.25) is 5.95 Å². The van der Waals surface area contributed by atoms with Crippen molar-refractivity contribution in [2.75, 3.05) is 11.9 Å². The molecule has 9 nitrogen and oxygen atoms in total. The molecule has 0 unspecified atom stereocenters. The number of carbonyl (C=O) groups excluding carboxylic acids is 2. The lowest BCUT2D eigenvalue weighted by Gasteiger charge is -2.10. The number of nitro benzene ring substituents is 1. The number of anilines is 1. The minimum atomic E-state index is -1.15. The first kappa shape index (κ1) is 19.9. The van der Waals surface area contributed by atoms with Crippen LogP contribution in [0.5, 0.6) is 0 Å². The Morgan fingerprint density at radius 1 is 1.24 bits per heavy atom. The monoisotopic (exact) mass is 404 g/mol. The van der Waals surface area contributed by atoms with E-state index in [2.05, 4.69) is 10.3 Å². The van der Waals surface area contributed by atoms with Gasteiger partial charge in [0.15, 0.2) is 11.6 Å². The highest BCUT2D eigenvalue weighted by molar-refractivity contribution is 6.04. The molecule has 29 heavy (non-hydrogen) atoms. The Morgan fingerprint density at radius 2 is 1.97 bits per heavy atom. The van der Waals surface area contributed by atoms with E-state index in [-0.39, 0.29) is 34.8 Å². The zero-order valence-electron chi connectivity index (χ0n) is 15.0. The summed E-state index contributed by atoms with van der Waals surface area (Å²) in [5, 5.41) is 13.3. The molecule has 0 aliphatic heterocycles. The first-order chi connectivity index (χ1) is 13.8. The summed E-state index contributed by atoms with van der Waals surface area (Å²) in [4.78, 5) is 38.7. The van der Waals surface area contributed by atoms with E-state index >= 15 is 0 Å². The zero-order chi connectivity index (χ0) is 21.1. The Labute approximate surface area is 162 Å². The van der Waals surface area contributed by atoms with Crippen LogP contribution in [0.2, 0.25) is 0 Å². The van der Waals surface area contributed by atoms with E-state index in [4.69, 9.17) is 4.74 Å². The maximum absolute atomic E-state index is 13.7. The van der Waals surface area contributed by atoms with Crippen molar-refractivity contribution < 1.29 is 28.0 Å². The van der Waals surface area contributed by atoms with Crippen LogP contribution in [0.15, 0.2) is 36.4 Å². The molecule has 0 aliphatic carbocycles. The van der Waals surface area contributed by atoms with E-state index in [0.29, 0.717) is 0 Å². The highest BCUT2D eigenvalue weighted by Crippen LogP contribution is 2.24. The number of aromatic nitrogens is 2. The maximum atomic E-state index is 13.7. The smallest absolute Gasteiger partial charge is 0.326 e. The lowest BCUT2D eigenvalue weighted by Crippen LogP contribution is -2.19. The molecule has 0 aliphatic rings. The van der Waals surface area contributed by atoms with Crippen LogP contribution in [0.4, 0.5) is 20.4 Å². The number of nitrogens with zero attached hydrogens (tertiary/aromatic N) is 3. The minimum Gasteiger partial charge on any atom is -0.465 e. The summed E-state index contributed by atoms with van der Waals surface area (Å²) >= 11 is 0. The fourth-order valence-electron chi connectivity index (χ4n) is 2.65. The predicted molar refractivity (Wildman–Crippen MR) is 97.3 cm³/mol. The third kappa shape index (κ3) is 4.18. The average molecular weight is 404 g/mol. The average Bonchev–Trinajstić information content (AvgIpc) is 2.98. The van der Waals surface area contributed by atoms with E-state index in [1.165, 1.54) is 18.2 Å². The van der Waals surface area contributed by atoms with Gasteiger partial charge in [0, 0.05) is 29.8 Å². The SMILES string of the molecule is CCOC(=O)Cn1c(NC(=O)c2cccc([N+](=O)[O-])c2)nc2cc(F)c(F)cc21. The number of hydrogen-bond donors (Lipinski definition) is 1. The number of fused-ring (bicyclic) bond motifs is 1. The van der Waals surface area contributed by atoms with Gasteiger partial charge in [0.05, 0.1) is 22.6 Å². The second-order valence-corrected chi connectivity index (χ2v) is 5.84. The number of nitro groups is 1. The standard InChI is InChI=1S/C18H14F2N4O5/c1-2-29-16(25)9-23-15-8-13(20)12(19)7-14(15)21-18(23)22-17(26)10-4-3-5-11(6-10)24(27)28/h3-8H,2,9H2,1H3,(H,21,22,26). The molecule has 1 amide bonds. The third-order valence-electron chi connectivity index (χ3n) is 3.93. The van der Waals surface area contributed by atoms with Crippen molar-refractivity contribution in [2.24, 2.45) is 0 Å². The van der Waals surface area contributed by atoms with Crippen LogP contribution in [-0.4, -0.2) is 33.0 Å². The molecule has 3 rings (SSSR count). The molecule has 11 heteroatoms. The van der Waals surface area contributed by atoms with Crippen LogP contribution in [0.25, 0.3) is 11.0 Å². The summed E-state index contributed by atoms with van der Waals surface area (Å²) in [6.07, 6.45) is 0. The Hall–Kier alpha value is -3.89. The fourth-order valence-corrected chi connectivity index (χ4v) is 2.65. The number of halogens is 2. The predicted octanol–water partition coefficient (Wildman–Crippen LogP) is 3.04. The second-order valence-electron chi connectivity index (χ2n) is 5.84. The quantitative estimate of drug-likeness (QED) is 0.383. The lowest BCUT2D eigenvalue weighted by atomic mass is 10.2. The Balaban J connectivity index is 2.01. The van der Waals surface area contributed by atoms with Gasteiger partial charge in [-0.2, -0.15) is 0 Å². The van der Waals surface area contributed by atoms with E-state index in [1.807, 2.05) is 0 Å². The Kier molecular flexibility index (Phi) is 5.48. The van der Waals surface area contributed by atoms with Gasteiger partial charge in [0.25, 0.3) is 11.6 Å². The molecular formula is C18H14F2N4O5. The van der Waals surface area contributed by atoms with Gasteiger partial charge >= 0.3 is 5.97 Å². The van der Waals surface area contributed by atoms with Gasteiger partial charge in [-0.15, -0.1) is 0 Å². The third-order valence-corrected chi connectivity index (χ3v) is 3.93. The normalized spacial score (nSPS) is 10.7. The van der Waals surface area contributed by atoms with Crippen molar-refractivity contribution in [1.82, 2.24) is 9.55 Å². The molecule has 3 aromatic rings. The number of amides is 1. The summed E-state index contributed by atoms with van der Waals surface area (Å²) in [5.74, 6) is -3.90. The Bertz CT molecular complexity index is 1130. The summed E-state index contributed by atoms with van der Waals surface area (Å²) in [6, 6.07) is 6.64. The number of imidazole rings is 1. The van der Waals surface area contributed by atoms with Crippen molar-refractivity contribution in [2.45, 2.75) is 13.5 Å². The summed E-state index contributed by atoms with van der Waals surface area (Å²) in [5.41, 5.74) is -0.262. The number of rotatable bonds is 6. The van der Waals surface area contributed by atoms with Crippen LogP contribution >= 0.6 is 0 Å². The van der Waals surface area contributed by atoms with Crippen LogP contribution in [0.3, 0.4) is 0 Å². The zero-order valence-corrected chi connectivity index (χ0v) is 15.0. The van der Waals surface area contributed by atoms with Crippen molar-refractivity contribution in [3.63, 3.8) is 0 Å². The highest BCUT2D eigenvalue weighted by Gasteiger charge is 2.20. The number of carbonyl (C=O) groups is 2.